The largest absolute Gasteiger partial charge is 0.506 e. The first-order chi connectivity index (χ1) is 10.9. The number of anilines is 1. The maximum absolute atomic E-state index is 12.0. The molecule has 0 spiro atoms. The molecular weight excluding hydrogens is 342 g/mol. The van der Waals surface area contributed by atoms with Gasteiger partial charge < -0.3 is 10.4 Å². The molecule has 2 aromatic rings. The van der Waals surface area contributed by atoms with E-state index >= 15 is 0 Å². The van der Waals surface area contributed by atoms with Crippen molar-refractivity contribution in [1.29, 1.82) is 0 Å². The number of rotatable bonds is 3. The first-order valence-corrected chi connectivity index (χ1v) is 7.01. The van der Waals surface area contributed by atoms with E-state index in [1.165, 1.54) is 12.1 Å². The van der Waals surface area contributed by atoms with Gasteiger partial charge in [0, 0.05) is 22.7 Å². The van der Waals surface area contributed by atoms with E-state index in [9.17, 15) is 20.0 Å². The molecule has 118 valence electrons. The molecule has 2 rings (SSSR count). The SMILES string of the molecule is O=C(NC(=S)Nc1cc([N+](=O)[O-])ccc1O)c1ccc(Cl)cc1. The Balaban J connectivity index is 2.07. The van der Waals surface area contributed by atoms with E-state index in [0.29, 0.717) is 10.6 Å². The molecule has 3 N–H and O–H groups in total. The van der Waals surface area contributed by atoms with Gasteiger partial charge in [0.25, 0.3) is 11.6 Å². The van der Waals surface area contributed by atoms with Gasteiger partial charge in [0.15, 0.2) is 5.11 Å². The zero-order valence-electron chi connectivity index (χ0n) is 11.4. The van der Waals surface area contributed by atoms with Crippen molar-refractivity contribution in [2.24, 2.45) is 0 Å². The van der Waals surface area contributed by atoms with Gasteiger partial charge in [-0.3, -0.25) is 20.2 Å². The fraction of sp³-hybridized carbons (Fsp3) is 0. The average Bonchev–Trinajstić information content (AvgIpc) is 2.49. The number of thiocarbonyl (C=S) groups is 1. The number of benzene rings is 2. The lowest BCUT2D eigenvalue weighted by Gasteiger charge is -2.10. The average molecular weight is 352 g/mol. The van der Waals surface area contributed by atoms with Gasteiger partial charge in [-0.15, -0.1) is 0 Å². The molecule has 23 heavy (non-hydrogen) atoms. The number of hydrogen-bond acceptors (Lipinski definition) is 5. The number of nitro benzene ring substituents is 1. The second-order valence-corrected chi connectivity index (χ2v) is 5.22. The first-order valence-electron chi connectivity index (χ1n) is 6.22. The van der Waals surface area contributed by atoms with E-state index in [1.54, 1.807) is 12.1 Å². The zero-order chi connectivity index (χ0) is 17.0. The minimum Gasteiger partial charge on any atom is -0.506 e. The molecule has 0 aromatic heterocycles. The van der Waals surface area contributed by atoms with Gasteiger partial charge in [-0.25, -0.2) is 0 Å². The van der Waals surface area contributed by atoms with Crippen LogP contribution in [-0.4, -0.2) is 21.0 Å². The Bertz CT molecular complexity index is 780. The van der Waals surface area contributed by atoms with Crippen LogP contribution in [-0.2, 0) is 0 Å². The quantitative estimate of drug-likeness (QED) is 0.340. The second-order valence-electron chi connectivity index (χ2n) is 4.37. The fourth-order valence-electron chi connectivity index (χ4n) is 1.67. The van der Waals surface area contributed by atoms with Gasteiger partial charge in [-0.05, 0) is 42.5 Å². The van der Waals surface area contributed by atoms with E-state index in [2.05, 4.69) is 10.6 Å². The molecule has 0 heterocycles. The van der Waals surface area contributed by atoms with Crippen molar-refractivity contribution in [3.8, 4) is 5.75 Å². The highest BCUT2D eigenvalue weighted by molar-refractivity contribution is 7.80. The fourth-order valence-corrected chi connectivity index (χ4v) is 2.00. The van der Waals surface area contributed by atoms with Crippen molar-refractivity contribution >= 4 is 46.2 Å². The highest BCUT2D eigenvalue weighted by Crippen LogP contribution is 2.27. The number of nitro groups is 1. The summed E-state index contributed by atoms with van der Waals surface area (Å²) in [6, 6.07) is 9.56. The molecule has 0 aliphatic heterocycles. The Morgan fingerprint density at radius 2 is 1.87 bits per heavy atom. The van der Waals surface area contributed by atoms with Crippen LogP contribution < -0.4 is 10.6 Å². The van der Waals surface area contributed by atoms with E-state index in [-0.39, 0.29) is 22.2 Å². The molecule has 0 fully saturated rings. The van der Waals surface area contributed by atoms with Crippen molar-refractivity contribution in [3.63, 3.8) is 0 Å². The van der Waals surface area contributed by atoms with Crippen LogP contribution in [0.25, 0.3) is 0 Å². The molecular formula is C14H10ClN3O4S. The van der Waals surface area contributed by atoms with Gasteiger partial charge >= 0.3 is 0 Å². The van der Waals surface area contributed by atoms with E-state index in [1.807, 2.05) is 0 Å². The number of non-ortho nitro benzene ring substituents is 1. The van der Waals surface area contributed by atoms with Crippen LogP contribution in [0.3, 0.4) is 0 Å². The number of phenols is 1. The number of halogens is 1. The molecule has 0 unspecified atom stereocenters. The normalized spacial score (nSPS) is 9.96. The Labute approximate surface area is 141 Å². The van der Waals surface area contributed by atoms with Crippen LogP contribution in [0, 0.1) is 10.1 Å². The maximum atomic E-state index is 12.0. The number of phenolic OH excluding ortho intramolecular Hbond substituents is 1. The Morgan fingerprint density at radius 3 is 2.48 bits per heavy atom. The summed E-state index contributed by atoms with van der Waals surface area (Å²) < 4.78 is 0. The molecule has 0 saturated carbocycles. The molecule has 0 aliphatic carbocycles. The second kappa shape index (κ2) is 7.03. The summed E-state index contributed by atoms with van der Waals surface area (Å²) in [5.41, 5.74) is 0.125. The third kappa shape index (κ3) is 4.38. The molecule has 0 radical (unpaired) electrons. The van der Waals surface area contributed by atoms with Gasteiger partial charge in [-0.1, -0.05) is 11.6 Å². The Kier molecular flexibility index (Phi) is 5.09. The summed E-state index contributed by atoms with van der Waals surface area (Å²) in [5, 5.41) is 25.7. The lowest BCUT2D eigenvalue weighted by molar-refractivity contribution is -0.384. The number of hydrogen-bond donors (Lipinski definition) is 3. The highest BCUT2D eigenvalue weighted by Gasteiger charge is 2.13. The van der Waals surface area contributed by atoms with Gasteiger partial charge in [0.05, 0.1) is 10.6 Å². The van der Waals surface area contributed by atoms with Crippen LogP contribution in [0.5, 0.6) is 5.75 Å². The number of aromatic hydroxyl groups is 1. The summed E-state index contributed by atoms with van der Waals surface area (Å²) in [6.07, 6.45) is 0. The van der Waals surface area contributed by atoms with Crippen LogP contribution in [0.4, 0.5) is 11.4 Å². The number of carbonyl (C=O) groups excluding carboxylic acids is 1. The van der Waals surface area contributed by atoms with Crippen molar-refractivity contribution < 1.29 is 14.8 Å². The predicted molar refractivity (Wildman–Crippen MR) is 89.9 cm³/mol. The van der Waals surface area contributed by atoms with Gasteiger partial charge in [0.2, 0.25) is 0 Å². The van der Waals surface area contributed by atoms with Crippen LogP contribution in [0.2, 0.25) is 5.02 Å². The highest BCUT2D eigenvalue weighted by atomic mass is 35.5. The summed E-state index contributed by atoms with van der Waals surface area (Å²) in [5.74, 6) is -0.720. The van der Waals surface area contributed by atoms with Crippen LogP contribution in [0.1, 0.15) is 10.4 Å². The Morgan fingerprint density at radius 1 is 1.22 bits per heavy atom. The lowest BCUT2D eigenvalue weighted by Crippen LogP contribution is -2.34. The third-order valence-corrected chi connectivity index (χ3v) is 3.23. The molecule has 2 aromatic carbocycles. The summed E-state index contributed by atoms with van der Waals surface area (Å²) in [7, 11) is 0. The molecule has 0 aliphatic rings. The van der Waals surface area contributed by atoms with Crippen molar-refractivity contribution in [1.82, 2.24) is 5.32 Å². The topological polar surface area (TPSA) is 104 Å². The Hall–Kier alpha value is -2.71. The molecule has 7 nitrogen and oxygen atoms in total. The standard InChI is InChI=1S/C14H10ClN3O4S/c15-9-3-1-8(2-4-9)13(20)17-14(23)16-11-7-10(18(21)22)5-6-12(11)19/h1-7,19H,(H2,16,17,20,23). The number of nitrogens with one attached hydrogen (secondary N) is 2. The molecule has 1 amide bonds. The third-order valence-electron chi connectivity index (χ3n) is 2.77. The predicted octanol–water partition coefficient (Wildman–Crippen LogP) is 3.08. The number of nitrogens with zero attached hydrogens (tertiary/aromatic N) is 1. The van der Waals surface area contributed by atoms with Gasteiger partial charge in [0.1, 0.15) is 5.75 Å². The lowest BCUT2D eigenvalue weighted by atomic mass is 10.2. The monoisotopic (exact) mass is 351 g/mol. The molecule has 9 heteroatoms. The minimum absolute atomic E-state index is 0.0145. The molecule has 0 saturated heterocycles. The van der Waals surface area contributed by atoms with E-state index in [0.717, 1.165) is 18.2 Å². The number of carbonyl (C=O) groups is 1. The smallest absolute Gasteiger partial charge is 0.271 e. The molecule has 0 atom stereocenters. The van der Waals surface area contributed by atoms with Crippen LogP contribution >= 0.6 is 23.8 Å². The maximum Gasteiger partial charge on any atom is 0.271 e. The van der Waals surface area contributed by atoms with Crippen molar-refractivity contribution in [2.75, 3.05) is 5.32 Å². The van der Waals surface area contributed by atoms with Crippen molar-refractivity contribution in [2.45, 2.75) is 0 Å². The van der Waals surface area contributed by atoms with Crippen LogP contribution in [0.15, 0.2) is 42.5 Å². The molecule has 0 bridgehead atoms. The summed E-state index contributed by atoms with van der Waals surface area (Å²) >= 11 is 10.7. The van der Waals surface area contributed by atoms with Crippen molar-refractivity contribution in [3.05, 3.63) is 63.2 Å². The van der Waals surface area contributed by atoms with E-state index in [4.69, 9.17) is 23.8 Å². The summed E-state index contributed by atoms with van der Waals surface area (Å²) in [6.45, 7) is 0. The number of amides is 1. The zero-order valence-corrected chi connectivity index (χ0v) is 13.0. The first kappa shape index (κ1) is 16.7. The minimum atomic E-state index is -0.611. The summed E-state index contributed by atoms with van der Waals surface area (Å²) in [4.78, 5) is 22.1. The van der Waals surface area contributed by atoms with E-state index < -0.39 is 10.8 Å². The van der Waals surface area contributed by atoms with Gasteiger partial charge in [-0.2, -0.15) is 0 Å².